The molecule has 3 rings (SSSR count). The van der Waals surface area contributed by atoms with Crippen molar-refractivity contribution in [1.82, 2.24) is 4.98 Å². The number of aromatic nitrogens is 1. The fraction of sp³-hybridized carbons (Fsp3) is 0.150. The minimum Gasteiger partial charge on any atom is -0.493 e. The van der Waals surface area contributed by atoms with Crippen LogP contribution in [0.2, 0.25) is 0 Å². The maximum atomic E-state index is 12.1. The van der Waals surface area contributed by atoms with Gasteiger partial charge in [0.1, 0.15) is 0 Å². The van der Waals surface area contributed by atoms with Gasteiger partial charge in [0, 0.05) is 15.4 Å². The number of carbonyl (C=O) groups excluding carboxylic acids is 2. The molecular weight excluding hydrogens is 460 g/mol. The summed E-state index contributed by atoms with van der Waals surface area (Å²) < 4.78 is 16.2. The van der Waals surface area contributed by atoms with Crippen LogP contribution in [-0.2, 0) is 9.53 Å². The number of ether oxygens (including phenoxy) is 3. The van der Waals surface area contributed by atoms with Gasteiger partial charge < -0.3 is 14.2 Å². The standard InChI is InChI=1S/C20H17BrN2O5S/c1-26-16-8-7-12(9-17(16)27-2)15-11-29-20(22-15)23-18(24)10-28-19(25)13-5-3-4-6-14(13)21/h3-9,11H,10H2,1-2H3,(H,22,23,24). The van der Waals surface area contributed by atoms with E-state index in [2.05, 4.69) is 26.2 Å². The number of hydrogen-bond acceptors (Lipinski definition) is 7. The number of rotatable bonds is 7. The fourth-order valence-electron chi connectivity index (χ4n) is 2.45. The van der Waals surface area contributed by atoms with Crippen molar-refractivity contribution in [2.45, 2.75) is 0 Å². The first-order valence-corrected chi connectivity index (χ1v) is 10.1. The van der Waals surface area contributed by atoms with Gasteiger partial charge in [-0.05, 0) is 46.3 Å². The van der Waals surface area contributed by atoms with E-state index >= 15 is 0 Å². The molecule has 0 aliphatic carbocycles. The molecule has 1 aromatic heterocycles. The first-order chi connectivity index (χ1) is 14.0. The number of carbonyl (C=O) groups is 2. The van der Waals surface area contributed by atoms with Gasteiger partial charge in [-0.1, -0.05) is 12.1 Å². The summed E-state index contributed by atoms with van der Waals surface area (Å²) in [7, 11) is 3.13. The highest BCUT2D eigenvalue weighted by Gasteiger charge is 2.15. The third-order valence-electron chi connectivity index (χ3n) is 3.86. The topological polar surface area (TPSA) is 86.8 Å². The molecular formula is C20H17BrN2O5S. The van der Waals surface area contributed by atoms with Crippen LogP contribution in [0.15, 0.2) is 52.3 Å². The molecule has 2 aromatic carbocycles. The highest BCUT2D eigenvalue weighted by atomic mass is 79.9. The molecule has 3 aromatic rings. The molecule has 0 spiro atoms. The van der Waals surface area contributed by atoms with Crippen molar-refractivity contribution in [2.24, 2.45) is 0 Å². The Hall–Kier alpha value is -2.91. The molecule has 0 radical (unpaired) electrons. The quantitative estimate of drug-likeness (QED) is 0.509. The molecule has 29 heavy (non-hydrogen) atoms. The summed E-state index contributed by atoms with van der Waals surface area (Å²) in [6.45, 7) is -0.411. The average molecular weight is 477 g/mol. The lowest BCUT2D eigenvalue weighted by atomic mass is 10.1. The molecule has 0 unspecified atom stereocenters. The number of thiazole rings is 1. The largest absolute Gasteiger partial charge is 0.493 e. The van der Waals surface area contributed by atoms with Gasteiger partial charge in [-0.2, -0.15) is 0 Å². The highest BCUT2D eigenvalue weighted by molar-refractivity contribution is 9.10. The monoisotopic (exact) mass is 476 g/mol. The van der Waals surface area contributed by atoms with E-state index in [1.54, 1.807) is 50.6 Å². The number of esters is 1. The first kappa shape index (κ1) is 20.8. The van der Waals surface area contributed by atoms with Crippen molar-refractivity contribution in [2.75, 3.05) is 26.1 Å². The van der Waals surface area contributed by atoms with Gasteiger partial charge in [0.15, 0.2) is 23.2 Å². The second-order valence-electron chi connectivity index (χ2n) is 5.71. The van der Waals surface area contributed by atoms with Crippen molar-refractivity contribution in [3.63, 3.8) is 0 Å². The number of hydrogen-bond donors (Lipinski definition) is 1. The maximum absolute atomic E-state index is 12.1. The average Bonchev–Trinajstić information content (AvgIpc) is 3.20. The van der Waals surface area contributed by atoms with Crippen LogP contribution in [0.4, 0.5) is 5.13 Å². The van der Waals surface area contributed by atoms with E-state index in [-0.39, 0.29) is 0 Å². The van der Waals surface area contributed by atoms with Crippen molar-refractivity contribution < 1.29 is 23.8 Å². The molecule has 0 aliphatic heterocycles. The molecule has 0 fully saturated rings. The Kier molecular flexibility index (Phi) is 6.84. The lowest BCUT2D eigenvalue weighted by Crippen LogP contribution is -2.21. The third-order valence-corrected chi connectivity index (χ3v) is 5.31. The van der Waals surface area contributed by atoms with Crippen LogP contribution >= 0.6 is 27.3 Å². The number of halogens is 1. The lowest BCUT2D eigenvalue weighted by molar-refractivity contribution is -0.119. The summed E-state index contributed by atoms with van der Waals surface area (Å²) >= 11 is 4.54. The first-order valence-electron chi connectivity index (χ1n) is 8.41. The zero-order valence-electron chi connectivity index (χ0n) is 15.6. The normalized spacial score (nSPS) is 10.3. The Morgan fingerprint density at radius 2 is 1.86 bits per heavy atom. The number of benzene rings is 2. The number of nitrogens with zero attached hydrogens (tertiary/aromatic N) is 1. The third kappa shape index (κ3) is 5.12. The summed E-state index contributed by atoms with van der Waals surface area (Å²) in [6.07, 6.45) is 0. The summed E-state index contributed by atoms with van der Waals surface area (Å²) in [4.78, 5) is 28.5. The Bertz CT molecular complexity index is 1040. The molecule has 7 nitrogen and oxygen atoms in total. The van der Waals surface area contributed by atoms with Gasteiger partial charge in [-0.15, -0.1) is 11.3 Å². The number of nitrogens with one attached hydrogen (secondary N) is 1. The van der Waals surface area contributed by atoms with Crippen LogP contribution in [-0.4, -0.2) is 37.7 Å². The maximum Gasteiger partial charge on any atom is 0.339 e. The smallest absolute Gasteiger partial charge is 0.339 e. The Morgan fingerprint density at radius 3 is 2.59 bits per heavy atom. The number of amides is 1. The molecule has 0 aliphatic rings. The van der Waals surface area contributed by atoms with E-state index in [0.29, 0.717) is 32.4 Å². The van der Waals surface area contributed by atoms with Gasteiger partial charge in [0.25, 0.3) is 5.91 Å². The van der Waals surface area contributed by atoms with E-state index in [9.17, 15) is 9.59 Å². The minimum atomic E-state index is -0.585. The van der Waals surface area contributed by atoms with Crippen LogP contribution in [0.1, 0.15) is 10.4 Å². The molecule has 0 bridgehead atoms. The summed E-state index contributed by atoms with van der Waals surface area (Å²) in [5.41, 5.74) is 1.85. The Morgan fingerprint density at radius 1 is 1.10 bits per heavy atom. The Labute approximate surface area is 179 Å². The number of methoxy groups -OCH3 is 2. The van der Waals surface area contributed by atoms with Gasteiger partial charge in [-0.25, -0.2) is 9.78 Å². The highest BCUT2D eigenvalue weighted by Crippen LogP contribution is 2.33. The zero-order valence-corrected chi connectivity index (χ0v) is 18.0. The van der Waals surface area contributed by atoms with Gasteiger partial charge in [0.2, 0.25) is 0 Å². The van der Waals surface area contributed by atoms with Crippen molar-refractivity contribution >= 4 is 44.3 Å². The second kappa shape index (κ2) is 9.53. The van der Waals surface area contributed by atoms with E-state index in [0.717, 1.165) is 5.56 Å². The zero-order chi connectivity index (χ0) is 20.8. The van der Waals surface area contributed by atoms with Crippen LogP contribution in [0.3, 0.4) is 0 Å². The van der Waals surface area contributed by atoms with Crippen molar-refractivity contribution in [1.29, 1.82) is 0 Å². The molecule has 150 valence electrons. The van der Waals surface area contributed by atoms with Crippen LogP contribution < -0.4 is 14.8 Å². The SMILES string of the molecule is COc1ccc(-c2csc(NC(=O)COC(=O)c3ccccc3Br)n2)cc1OC. The molecule has 0 saturated carbocycles. The molecule has 0 saturated heterocycles. The van der Waals surface area contributed by atoms with Crippen LogP contribution in [0.5, 0.6) is 11.5 Å². The lowest BCUT2D eigenvalue weighted by Gasteiger charge is -2.08. The summed E-state index contributed by atoms with van der Waals surface area (Å²) in [6, 6.07) is 12.3. The Balaban J connectivity index is 1.61. The van der Waals surface area contributed by atoms with Crippen molar-refractivity contribution in [3.05, 3.63) is 57.9 Å². The predicted octanol–water partition coefficient (Wildman–Crippen LogP) is 4.39. The molecule has 9 heteroatoms. The summed E-state index contributed by atoms with van der Waals surface area (Å²) in [5.74, 6) is 0.144. The van der Waals surface area contributed by atoms with Crippen LogP contribution in [0.25, 0.3) is 11.3 Å². The van der Waals surface area contributed by atoms with E-state index in [4.69, 9.17) is 14.2 Å². The van der Waals surface area contributed by atoms with Crippen LogP contribution in [0, 0.1) is 0 Å². The second-order valence-corrected chi connectivity index (χ2v) is 7.42. The van der Waals surface area contributed by atoms with Crippen molar-refractivity contribution in [3.8, 4) is 22.8 Å². The van der Waals surface area contributed by atoms with Gasteiger partial charge >= 0.3 is 5.97 Å². The summed E-state index contributed by atoms with van der Waals surface area (Å²) in [5, 5.41) is 4.84. The van der Waals surface area contributed by atoms with E-state index in [1.165, 1.54) is 11.3 Å². The molecule has 0 atom stereocenters. The molecule has 1 amide bonds. The fourth-order valence-corrected chi connectivity index (χ4v) is 3.63. The van der Waals surface area contributed by atoms with Gasteiger partial charge in [0.05, 0.1) is 25.5 Å². The minimum absolute atomic E-state index is 0.352. The molecule has 1 heterocycles. The predicted molar refractivity (Wildman–Crippen MR) is 114 cm³/mol. The van der Waals surface area contributed by atoms with E-state index < -0.39 is 18.5 Å². The van der Waals surface area contributed by atoms with Gasteiger partial charge in [-0.3, -0.25) is 10.1 Å². The van der Waals surface area contributed by atoms with E-state index in [1.807, 2.05) is 11.4 Å². The number of anilines is 1. The molecule has 1 N–H and O–H groups in total.